The monoisotopic (exact) mass is 306 g/mol. The number of halogens is 2. The number of thiophene rings is 1. The van der Waals surface area contributed by atoms with Gasteiger partial charge < -0.3 is 0 Å². The van der Waals surface area contributed by atoms with Gasteiger partial charge in [0, 0.05) is 30.7 Å². The first-order valence-corrected chi connectivity index (χ1v) is 7.49. The van der Waals surface area contributed by atoms with Gasteiger partial charge in [0.2, 0.25) is 0 Å². The van der Waals surface area contributed by atoms with Crippen molar-refractivity contribution in [2.75, 3.05) is 6.26 Å². The molecule has 1 aromatic carbocycles. The Kier molecular flexibility index (Phi) is 3.42. The van der Waals surface area contributed by atoms with Crippen molar-refractivity contribution < 1.29 is 0 Å². The Bertz CT molecular complexity index is 464. The molecule has 74 valence electrons. The third kappa shape index (κ3) is 1.83. The van der Waals surface area contributed by atoms with Crippen molar-refractivity contribution >= 4 is 60.7 Å². The summed E-state index contributed by atoms with van der Waals surface area (Å²) in [6.07, 6.45) is 2.08. The van der Waals surface area contributed by atoms with E-state index in [4.69, 9.17) is 11.6 Å². The molecule has 0 unspecified atom stereocenters. The maximum Gasteiger partial charge on any atom is 0.0485 e. The highest BCUT2D eigenvalue weighted by molar-refractivity contribution is 9.10. The first-order chi connectivity index (χ1) is 6.76. The minimum atomic E-state index is 0.578. The number of alkyl halides is 1. The fourth-order valence-corrected chi connectivity index (χ4v) is 3.95. The summed E-state index contributed by atoms with van der Waals surface area (Å²) in [4.78, 5) is 1.28. The van der Waals surface area contributed by atoms with Crippen molar-refractivity contribution in [3.63, 3.8) is 0 Å². The Balaban J connectivity index is 2.71. The molecule has 0 amide bonds. The minimum Gasteiger partial charge on any atom is -0.143 e. The van der Waals surface area contributed by atoms with E-state index in [0.29, 0.717) is 5.88 Å². The molecular formula is C10H8BrClS2. The van der Waals surface area contributed by atoms with Crippen LogP contribution in [0.3, 0.4) is 0 Å². The molecule has 0 atom stereocenters. The maximum absolute atomic E-state index is 5.91. The molecule has 1 heterocycles. The predicted octanol–water partition coefficient (Wildman–Crippen LogP) is 5.12. The highest BCUT2D eigenvalue weighted by Crippen LogP contribution is 2.35. The molecule has 0 spiro atoms. The van der Waals surface area contributed by atoms with Gasteiger partial charge in [0.25, 0.3) is 0 Å². The number of benzene rings is 1. The van der Waals surface area contributed by atoms with E-state index in [1.807, 2.05) is 0 Å². The van der Waals surface area contributed by atoms with E-state index < -0.39 is 0 Å². The Morgan fingerprint density at radius 2 is 2.29 bits per heavy atom. The lowest BCUT2D eigenvalue weighted by Crippen LogP contribution is -1.82. The van der Waals surface area contributed by atoms with Crippen molar-refractivity contribution in [3.05, 3.63) is 27.5 Å². The molecule has 0 bridgehead atoms. The second-order valence-electron chi connectivity index (χ2n) is 2.88. The lowest BCUT2D eigenvalue weighted by Gasteiger charge is -2.04. The zero-order chi connectivity index (χ0) is 10.1. The van der Waals surface area contributed by atoms with E-state index in [-0.39, 0.29) is 0 Å². The van der Waals surface area contributed by atoms with E-state index in [1.54, 1.807) is 23.1 Å². The molecule has 0 fully saturated rings. The van der Waals surface area contributed by atoms with E-state index in [2.05, 4.69) is 39.7 Å². The molecule has 1 aromatic heterocycles. The molecule has 14 heavy (non-hydrogen) atoms. The van der Waals surface area contributed by atoms with Crippen molar-refractivity contribution in [2.24, 2.45) is 0 Å². The average molecular weight is 308 g/mol. The largest absolute Gasteiger partial charge is 0.143 e. The van der Waals surface area contributed by atoms with Crippen LogP contribution in [0.2, 0.25) is 0 Å². The van der Waals surface area contributed by atoms with Gasteiger partial charge in [0.15, 0.2) is 0 Å². The Morgan fingerprint density at radius 3 is 2.93 bits per heavy atom. The van der Waals surface area contributed by atoms with Gasteiger partial charge in [-0.3, -0.25) is 0 Å². The van der Waals surface area contributed by atoms with Crippen LogP contribution in [0.5, 0.6) is 0 Å². The van der Waals surface area contributed by atoms with E-state index >= 15 is 0 Å². The molecule has 0 aliphatic carbocycles. The molecule has 2 aromatic rings. The summed E-state index contributed by atoms with van der Waals surface area (Å²) in [6, 6.07) is 4.39. The van der Waals surface area contributed by atoms with E-state index in [0.717, 1.165) is 4.47 Å². The molecule has 0 aliphatic rings. The third-order valence-electron chi connectivity index (χ3n) is 2.07. The predicted molar refractivity (Wildman–Crippen MR) is 70.9 cm³/mol. The van der Waals surface area contributed by atoms with Crippen molar-refractivity contribution in [1.82, 2.24) is 0 Å². The van der Waals surface area contributed by atoms with Crippen LogP contribution in [0.4, 0.5) is 0 Å². The third-order valence-corrected chi connectivity index (χ3v) is 5.09. The number of fused-ring (bicyclic) bond motifs is 1. The fraction of sp³-hybridized carbons (Fsp3) is 0.200. The second kappa shape index (κ2) is 4.44. The molecule has 4 heteroatoms. The summed E-state index contributed by atoms with van der Waals surface area (Å²) in [5.74, 6) is 0.578. The number of thioether (sulfide) groups is 1. The smallest absolute Gasteiger partial charge is 0.0485 e. The first kappa shape index (κ1) is 10.8. The highest BCUT2D eigenvalue weighted by Gasteiger charge is 2.07. The first-order valence-electron chi connectivity index (χ1n) is 4.06. The second-order valence-corrected chi connectivity index (χ2v) is 5.76. The van der Waals surface area contributed by atoms with Crippen LogP contribution < -0.4 is 0 Å². The van der Waals surface area contributed by atoms with Crippen LogP contribution in [-0.2, 0) is 5.88 Å². The molecule has 0 N–H and O–H groups in total. The highest BCUT2D eigenvalue weighted by atomic mass is 79.9. The standard InChI is InChI=1S/C10H8BrClS2/c1-13-9-3-10-7(2-6(9)4-12)8(11)5-14-10/h2-3,5H,4H2,1H3. The van der Waals surface area contributed by atoms with Gasteiger partial charge >= 0.3 is 0 Å². The quantitative estimate of drug-likeness (QED) is 0.548. The molecule has 0 radical (unpaired) electrons. The summed E-state index contributed by atoms with van der Waals surface area (Å²) in [7, 11) is 0. The van der Waals surface area contributed by atoms with Crippen LogP contribution >= 0.6 is 50.6 Å². The van der Waals surface area contributed by atoms with Gasteiger partial charge in [-0.1, -0.05) is 0 Å². The van der Waals surface area contributed by atoms with E-state index in [1.165, 1.54) is 20.5 Å². The SMILES string of the molecule is CSc1cc2scc(Br)c2cc1CCl. The Labute approximate surface area is 105 Å². The van der Waals surface area contributed by atoms with Crippen LogP contribution in [-0.4, -0.2) is 6.26 Å². The fourth-order valence-electron chi connectivity index (χ4n) is 1.36. The maximum atomic E-state index is 5.91. The summed E-state index contributed by atoms with van der Waals surface area (Å²) in [6.45, 7) is 0. The van der Waals surface area contributed by atoms with Gasteiger partial charge in [0.05, 0.1) is 0 Å². The molecular weight excluding hydrogens is 300 g/mol. The number of hydrogen-bond acceptors (Lipinski definition) is 2. The average Bonchev–Trinajstić information content (AvgIpc) is 2.58. The van der Waals surface area contributed by atoms with Gasteiger partial charge in [-0.15, -0.1) is 34.7 Å². The van der Waals surface area contributed by atoms with Gasteiger partial charge in [-0.05, 0) is 39.9 Å². The zero-order valence-electron chi connectivity index (χ0n) is 7.51. The van der Waals surface area contributed by atoms with Gasteiger partial charge in [-0.25, -0.2) is 0 Å². The molecule has 0 nitrogen and oxygen atoms in total. The van der Waals surface area contributed by atoms with Crippen molar-refractivity contribution in [2.45, 2.75) is 10.8 Å². The van der Waals surface area contributed by atoms with Crippen LogP contribution in [0.25, 0.3) is 10.1 Å². The molecule has 0 saturated carbocycles. The molecule has 0 saturated heterocycles. The summed E-state index contributed by atoms with van der Waals surface area (Å²) < 4.78 is 2.48. The van der Waals surface area contributed by atoms with Gasteiger partial charge in [-0.2, -0.15) is 0 Å². The normalized spacial score (nSPS) is 11.1. The van der Waals surface area contributed by atoms with Crippen LogP contribution in [0.1, 0.15) is 5.56 Å². The Hall–Kier alpha value is 0.300. The zero-order valence-corrected chi connectivity index (χ0v) is 11.5. The molecule has 0 aliphatic heterocycles. The van der Waals surface area contributed by atoms with E-state index in [9.17, 15) is 0 Å². The van der Waals surface area contributed by atoms with Crippen molar-refractivity contribution in [1.29, 1.82) is 0 Å². The summed E-state index contributed by atoms with van der Waals surface area (Å²) in [5.41, 5.74) is 1.21. The lowest BCUT2D eigenvalue weighted by molar-refractivity contribution is 1.29. The number of rotatable bonds is 2. The number of hydrogen-bond donors (Lipinski definition) is 0. The van der Waals surface area contributed by atoms with Crippen LogP contribution in [0, 0.1) is 0 Å². The van der Waals surface area contributed by atoms with Gasteiger partial charge in [0.1, 0.15) is 0 Å². The summed E-state index contributed by atoms with van der Waals surface area (Å²) >= 11 is 13.0. The van der Waals surface area contributed by atoms with Crippen molar-refractivity contribution in [3.8, 4) is 0 Å². The minimum absolute atomic E-state index is 0.578. The lowest BCUT2D eigenvalue weighted by atomic mass is 10.2. The molecule has 2 rings (SSSR count). The Morgan fingerprint density at radius 1 is 1.50 bits per heavy atom. The topological polar surface area (TPSA) is 0 Å². The summed E-state index contributed by atoms with van der Waals surface area (Å²) in [5, 5.41) is 3.38. The van der Waals surface area contributed by atoms with Crippen LogP contribution in [0.15, 0.2) is 26.9 Å².